The second kappa shape index (κ2) is 1.51. The molecule has 0 fully saturated rings. The van der Waals surface area contributed by atoms with Gasteiger partial charge in [-0.2, -0.15) is 0 Å². The Bertz CT molecular complexity index is 23.1. The molecule has 3 heteroatoms. The summed E-state index contributed by atoms with van der Waals surface area (Å²) in [4.78, 5) is 0. The minimum absolute atomic E-state index is 0.667. The SMILES string of the molecule is CC(O)(P)P. The molecular weight excluding hydrogens is 102 g/mol. The average molecular weight is 110 g/mol. The lowest BCUT2D eigenvalue weighted by molar-refractivity contribution is 0.249. The van der Waals surface area contributed by atoms with Crippen LogP contribution in [0.3, 0.4) is 0 Å². The second-order valence-corrected chi connectivity index (χ2v) is 4.23. The van der Waals surface area contributed by atoms with Gasteiger partial charge in [0.25, 0.3) is 0 Å². The molecule has 0 amide bonds. The molecule has 5 heavy (non-hydrogen) atoms. The summed E-state index contributed by atoms with van der Waals surface area (Å²) in [5.74, 6) is 0. The number of hydrogen-bond donors (Lipinski definition) is 1. The third kappa shape index (κ3) is 57.0. The van der Waals surface area contributed by atoms with Gasteiger partial charge in [0.1, 0.15) is 0 Å². The van der Waals surface area contributed by atoms with E-state index in [-0.39, 0.29) is 0 Å². The van der Waals surface area contributed by atoms with Gasteiger partial charge in [-0.15, -0.1) is 0 Å². The van der Waals surface area contributed by atoms with Crippen molar-refractivity contribution in [3.63, 3.8) is 0 Å². The van der Waals surface area contributed by atoms with Crippen LogP contribution in [0.2, 0.25) is 0 Å². The van der Waals surface area contributed by atoms with Gasteiger partial charge in [-0.1, -0.05) is 18.5 Å². The molecule has 0 saturated heterocycles. The lowest BCUT2D eigenvalue weighted by Crippen LogP contribution is -1.97. The fraction of sp³-hybridized carbons (Fsp3) is 1.00. The molecule has 0 spiro atoms. The van der Waals surface area contributed by atoms with Crippen LogP contribution in [0.4, 0.5) is 0 Å². The van der Waals surface area contributed by atoms with Crippen molar-refractivity contribution >= 4 is 18.5 Å². The van der Waals surface area contributed by atoms with Gasteiger partial charge >= 0.3 is 0 Å². The van der Waals surface area contributed by atoms with Crippen molar-refractivity contribution in [1.82, 2.24) is 0 Å². The first-order valence-electron chi connectivity index (χ1n) is 1.30. The third-order valence-electron chi connectivity index (χ3n) is 0. The molecule has 2 atom stereocenters. The van der Waals surface area contributed by atoms with E-state index < -0.39 is 5.08 Å². The summed E-state index contributed by atoms with van der Waals surface area (Å²) in [7, 11) is 4.47. The van der Waals surface area contributed by atoms with Gasteiger partial charge in [0.05, 0.1) is 5.08 Å². The Balaban J connectivity index is 3.02. The van der Waals surface area contributed by atoms with E-state index in [0.29, 0.717) is 0 Å². The van der Waals surface area contributed by atoms with Crippen molar-refractivity contribution in [3.8, 4) is 0 Å². The molecule has 0 aromatic heterocycles. The Morgan fingerprint density at radius 2 is 1.60 bits per heavy atom. The average Bonchev–Trinajstić information content (AvgIpc) is 0.722. The first kappa shape index (κ1) is 5.82. The predicted molar refractivity (Wildman–Crippen MR) is 30.0 cm³/mol. The number of hydrogen-bond acceptors (Lipinski definition) is 1. The van der Waals surface area contributed by atoms with Crippen LogP contribution in [0.25, 0.3) is 0 Å². The minimum Gasteiger partial charge on any atom is -0.382 e. The van der Waals surface area contributed by atoms with Crippen molar-refractivity contribution in [2.75, 3.05) is 0 Å². The zero-order valence-corrected chi connectivity index (χ0v) is 5.41. The highest BCUT2D eigenvalue weighted by molar-refractivity contribution is 7.39. The van der Waals surface area contributed by atoms with Crippen molar-refractivity contribution in [1.29, 1.82) is 0 Å². The molecule has 0 aromatic rings. The van der Waals surface area contributed by atoms with E-state index in [2.05, 4.69) is 18.5 Å². The molecule has 0 heterocycles. The monoisotopic (exact) mass is 110 g/mol. The summed E-state index contributed by atoms with van der Waals surface area (Å²) in [6.45, 7) is 1.67. The van der Waals surface area contributed by atoms with Crippen LogP contribution in [0.15, 0.2) is 0 Å². The number of rotatable bonds is 0. The maximum Gasteiger partial charge on any atom is 0.0878 e. The fourth-order valence-electron chi connectivity index (χ4n) is 0. The molecule has 1 N–H and O–H groups in total. The summed E-state index contributed by atoms with van der Waals surface area (Å²) in [6.07, 6.45) is 0. The molecule has 1 nitrogen and oxygen atoms in total. The van der Waals surface area contributed by atoms with Crippen LogP contribution in [0, 0.1) is 0 Å². The molecule has 0 radical (unpaired) electrons. The molecule has 0 rings (SSSR count). The van der Waals surface area contributed by atoms with Crippen LogP contribution in [0.1, 0.15) is 6.92 Å². The Hall–Kier alpha value is 0.820. The van der Waals surface area contributed by atoms with E-state index in [4.69, 9.17) is 5.11 Å². The molecule has 0 aliphatic carbocycles. The van der Waals surface area contributed by atoms with Crippen LogP contribution in [0.5, 0.6) is 0 Å². The lowest BCUT2D eigenvalue weighted by atomic mass is 10.9. The predicted octanol–water partition coefficient (Wildman–Crippen LogP) is 0.403. The van der Waals surface area contributed by atoms with Gasteiger partial charge in [-0.25, -0.2) is 0 Å². The van der Waals surface area contributed by atoms with E-state index in [1.165, 1.54) is 0 Å². The van der Waals surface area contributed by atoms with E-state index in [1.54, 1.807) is 6.92 Å². The molecule has 2 unspecified atom stereocenters. The zero-order chi connectivity index (χ0) is 4.50. The standard InChI is InChI=1S/C2H8OP2/c1-2(3,4)5/h3H,4-5H2,1H3. The highest BCUT2D eigenvalue weighted by Gasteiger charge is 1.98. The smallest absolute Gasteiger partial charge is 0.0878 e. The van der Waals surface area contributed by atoms with Gasteiger partial charge in [-0.05, 0) is 6.92 Å². The first-order chi connectivity index (χ1) is 2.00. The molecule has 0 aliphatic rings. The highest BCUT2D eigenvalue weighted by atomic mass is 31.1. The summed E-state index contributed by atoms with van der Waals surface area (Å²) in [5, 5.41) is 7.78. The largest absolute Gasteiger partial charge is 0.382 e. The van der Waals surface area contributed by atoms with Gasteiger partial charge in [0, 0.05) is 0 Å². The van der Waals surface area contributed by atoms with Gasteiger partial charge in [0.15, 0.2) is 0 Å². The summed E-state index contributed by atoms with van der Waals surface area (Å²) in [6, 6.07) is 0. The lowest BCUT2D eigenvalue weighted by Gasteiger charge is -2.04. The Labute approximate surface area is 36.6 Å². The van der Waals surface area contributed by atoms with Crippen LogP contribution >= 0.6 is 18.5 Å². The summed E-state index contributed by atoms with van der Waals surface area (Å²) >= 11 is 0. The highest BCUT2D eigenvalue weighted by Crippen LogP contribution is 2.19. The second-order valence-electron chi connectivity index (χ2n) is 1.23. The minimum atomic E-state index is -0.667. The van der Waals surface area contributed by atoms with Gasteiger partial charge < -0.3 is 5.11 Å². The van der Waals surface area contributed by atoms with E-state index in [1.807, 2.05) is 0 Å². The van der Waals surface area contributed by atoms with E-state index in [0.717, 1.165) is 0 Å². The molecule has 32 valence electrons. The Kier molecular flexibility index (Phi) is 1.76. The Morgan fingerprint density at radius 3 is 1.60 bits per heavy atom. The van der Waals surface area contributed by atoms with Crippen LogP contribution in [-0.2, 0) is 0 Å². The zero-order valence-electron chi connectivity index (χ0n) is 3.10. The first-order valence-corrected chi connectivity index (χ1v) is 2.46. The van der Waals surface area contributed by atoms with Crippen molar-refractivity contribution in [3.05, 3.63) is 0 Å². The van der Waals surface area contributed by atoms with Crippen molar-refractivity contribution < 1.29 is 5.11 Å². The van der Waals surface area contributed by atoms with Gasteiger partial charge in [-0.3, -0.25) is 0 Å². The van der Waals surface area contributed by atoms with Crippen LogP contribution < -0.4 is 0 Å². The van der Waals surface area contributed by atoms with E-state index >= 15 is 0 Å². The summed E-state index contributed by atoms with van der Waals surface area (Å²) in [5.41, 5.74) is 0. The van der Waals surface area contributed by atoms with Gasteiger partial charge in [0.2, 0.25) is 0 Å². The van der Waals surface area contributed by atoms with Crippen molar-refractivity contribution in [2.24, 2.45) is 0 Å². The fourth-order valence-corrected chi connectivity index (χ4v) is 0. The Morgan fingerprint density at radius 1 is 1.60 bits per heavy atom. The number of aliphatic hydroxyl groups is 1. The maximum absolute atomic E-state index is 8.45. The normalized spacial score (nSPS) is 12.0. The molecular formula is C2H8OP2. The topological polar surface area (TPSA) is 20.2 Å². The summed E-state index contributed by atoms with van der Waals surface area (Å²) < 4.78 is 0. The molecule has 0 saturated carbocycles. The quantitative estimate of drug-likeness (QED) is 0.447. The van der Waals surface area contributed by atoms with Crippen molar-refractivity contribution in [2.45, 2.75) is 12.0 Å². The molecule has 0 bridgehead atoms. The molecule has 0 aliphatic heterocycles. The third-order valence-corrected chi connectivity index (χ3v) is 0. The molecule has 0 aromatic carbocycles. The van der Waals surface area contributed by atoms with Crippen LogP contribution in [-0.4, -0.2) is 10.2 Å². The van der Waals surface area contributed by atoms with E-state index in [9.17, 15) is 0 Å². The maximum atomic E-state index is 8.45.